The van der Waals surface area contributed by atoms with Crippen molar-refractivity contribution < 1.29 is 4.79 Å². The average molecular weight is 432 g/mol. The summed E-state index contributed by atoms with van der Waals surface area (Å²) >= 11 is 0. The van der Waals surface area contributed by atoms with Gasteiger partial charge in [0.2, 0.25) is 6.41 Å². The Kier molecular flexibility index (Phi) is 7.71. The Balaban J connectivity index is 2.20. The lowest BCUT2D eigenvalue weighted by Gasteiger charge is -2.26. The van der Waals surface area contributed by atoms with Gasteiger partial charge in [-0.25, -0.2) is 0 Å². The van der Waals surface area contributed by atoms with Gasteiger partial charge in [0.05, 0.1) is 22.6 Å². The quantitative estimate of drug-likeness (QED) is 0.240. The molecule has 6 nitrogen and oxygen atoms in total. The van der Waals surface area contributed by atoms with Crippen molar-refractivity contribution in [1.29, 1.82) is 0 Å². The SMILES string of the molecule is C=CCCNc1n[nH]c(-c2cccc(C)c2)c1-c1ccc(N(C)CC)c(N(C=O)CC)c1. The molecule has 2 aromatic carbocycles. The van der Waals surface area contributed by atoms with Crippen LogP contribution in [0.25, 0.3) is 22.4 Å². The van der Waals surface area contributed by atoms with E-state index < -0.39 is 0 Å². The molecule has 6 heteroatoms. The topological polar surface area (TPSA) is 64.3 Å². The van der Waals surface area contributed by atoms with E-state index in [1.165, 1.54) is 5.56 Å². The van der Waals surface area contributed by atoms with E-state index in [1.54, 1.807) is 4.90 Å². The molecule has 3 rings (SSSR count). The van der Waals surface area contributed by atoms with Crippen molar-refractivity contribution in [2.45, 2.75) is 27.2 Å². The fraction of sp³-hybridized carbons (Fsp3) is 0.308. The van der Waals surface area contributed by atoms with Crippen LogP contribution in [-0.2, 0) is 4.79 Å². The van der Waals surface area contributed by atoms with E-state index in [1.807, 2.05) is 20.0 Å². The average Bonchev–Trinajstić information content (AvgIpc) is 3.23. The molecule has 0 aliphatic heterocycles. The number of hydrogen-bond acceptors (Lipinski definition) is 4. The highest BCUT2D eigenvalue weighted by Gasteiger charge is 2.20. The summed E-state index contributed by atoms with van der Waals surface area (Å²) in [5.41, 5.74) is 7.11. The normalized spacial score (nSPS) is 10.6. The van der Waals surface area contributed by atoms with Crippen LogP contribution < -0.4 is 15.1 Å². The van der Waals surface area contributed by atoms with E-state index in [4.69, 9.17) is 0 Å². The second kappa shape index (κ2) is 10.7. The van der Waals surface area contributed by atoms with Crippen LogP contribution in [0.5, 0.6) is 0 Å². The first-order valence-corrected chi connectivity index (χ1v) is 11.1. The molecular weight excluding hydrogens is 398 g/mol. The van der Waals surface area contributed by atoms with Gasteiger partial charge in [0.1, 0.15) is 0 Å². The lowest BCUT2D eigenvalue weighted by atomic mass is 9.98. The summed E-state index contributed by atoms with van der Waals surface area (Å²) in [6.07, 6.45) is 3.62. The summed E-state index contributed by atoms with van der Waals surface area (Å²) in [4.78, 5) is 15.7. The molecule has 0 radical (unpaired) electrons. The zero-order valence-corrected chi connectivity index (χ0v) is 19.5. The van der Waals surface area contributed by atoms with E-state index in [9.17, 15) is 4.79 Å². The van der Waals surface area contributed by atoms with Crippen LogP contribution in [0.15, 0.2) is 55.1 Å². The van der Waals surface area contributed by atoms with Gasteiger partial charge in [0.25, 0.3) is 0 Å². The number of carbonyl (C=O) groups is 1. The van der Waals surface area contributed by atoms with Gasteiger partial charge < -0.3 is 15.1 Å². The number of aromatic amines is 1. The lowest BCUT2D eigenvalue weighted by molar-refractivity contribution is -0.107. The molecule has 0 aliphatic rings. The van der Waals surface area contributed by atoms with Crippen molar-refractivity contribution in [3.8, 4) is 22.4 Å². The minimum absolute atomic E-state index is 0.595. The fourth-order valence-corrected chi connectivity index (χ4v) is 3.76. The third-order valence-electron chi connectivity index (χ3n) is 5.64. The summed E-state index contributed by atoms with van der Waals surface area (Å²) < 4.78 is 0. The summed E-state index contributed by atoms with van der Waals surface area (Å²) in [6.45, 7) is 12.2. The van der Waals surface area contributed by atoms with Gasteiger partial charge in [0.15, 0.2) is 5.82 Å². The third kappa shape index (κ3) is 4.85. The number of benzene rings is 2. The van der Waals surface area contributed by atoms with Crippen molar-refractivity contribution in [3.63, 3.8) is 0 Å². The zero-order chi connectivity index (χ0) is 23.1. The Morgan fingerprint density at radius 2 is 1.91 bits per heavy atom. The summed E-state index contributed by atoms with van der Waals surface area (Å²) in [7, 11) is 2.04. The van der Waals surface area contributed by atoms with Crippen LogP contribution >= 0.6 is 0 Å². The van der Waals surface area contributed by atoms with Gasteiger partial charge in [-0.2, -0.15) is 5.10 Å². The first-order chi connectivity index (χ1) is 15.5. The molecule has 0 bridgehead atoms. The molecule has 0 atom stereocenters. The Morgan fingerprint density at radius 3 is 2.56 bits per heavy atom. The van der Waals surface area contributed by atoms with E-state index >= 15 is 0 Å². The Morgan fingerprint density at radius 1 is 1.09 bits per heavy atom. The maximum atomic E-state index is 11.8. The predicted octanol–water partition coefficient (Wildman–Crippen LogP) is 5.48. The second-order valence-electron chi connectivity index (χ2n) is 7.80. The van der Waals surface area contributed by atoms with Crippen molar-refractivity contribution in [2.24, 2.45) is 0 Å². The Labute approximate surface area is 190 Å². The van der Waals surface area contributed by atoms with Gasteiger partial charge >= 0.3 is 0 Å². The van der Waals surface area contributed by atoms with Gasteiger partial charge in [-0.1, -0.05) is 35.9 Å². The molecule has 0 saturated carbocycles. The first kappa shape index (κ1) is 23.1. The van der Waals surface area contributed by atoms with E-state index in [0.29, 0.717) is 6.54 Å². The molecule has 0 aliphatic carbocycles. The number of amides is 1. The number of H-pyrrole nitrogens is 1. The minimum atomic E-state index is 0.595. The number of rotatable bonds is 11. The molecule has 0 spiro atoms. The third-order valence-corrected chi connectivity index (χ3v) is 5.64. The van der Waals surface area contributed by atoms with Crippen LogP contribution in [0, 0.1) is 6.92 Å². The van der Waals surface area contributed by atoms with Crippen LogP contribution in [0.4, 0.5) is 17.2 Å². The first-order valence-electron chi connectivity index (χ1n) is 11.1. The molecule has 32 heavy (non-hydrogen) atoms. The molecule has 0 fully saturated rings. The highest BCUT2D eigenvalue weighted by Crippen LogP contribution is 2.40. The fourth-order valence-electron chi connectivity index (χ4n) is 3.76. The monoisotopic (exact) mass is 431 g/mol. The van der Waals surface area contributed by atoms with Crippen molar-refractivity contribution in [1.82, 2.24) is 10.2 Å². The molecule has 1 aromatic heterocycles. The van der Waals surface area contributed by atoms with Crippen molar-refractivity contribution in [2.75, 3.05) is 41.8 Å². The number of hydrogen-bond donors (Lipinski definition) is 2. The number of aryl methyl sites for hydroxylation is 1. The highest BCUT2D eigenvalue weighted by molar-refractivity contribution is 5.93. The number of carbonyl (C=O) groups excluding carboxylic acids is 1. The van der Waals surface area contributed by atoms with Gasteiger partial charge in [0, 0.05) is 32.2 Å². The number of nitrogens with zero attached hydrogens (tertiary/aromatic N) is 3. The van der Waals surface area contributed by atoms with Crippen molar-refractivity contribution in [3.05, 3.63) is 60.7 Å². The second-order valence-corrected chi connectivity index (χ2v) is 7.80. The molecule has 168 valence electrons. The number of nitrogens with one attached hydrogen (secondary N) is 2. The summed E-state index contributed by atoms with van der Waals surface area (Å²) in [5, 5.41) is 11.3. The lowest BCUT2D eigenvalue weighted by Crippen LogP contribution is -2.25. The summed E-state index contributed by atoms with van der Waals surface area (Å²) in [6, 6.07) is 14.6. The van der Waals surface area contributed by atoms with E-state index in [-0.39, 0.29) is 0 Å². The zero-order valence-electron chi connectivity index (χ0n) is 19.5. The van der Waals surface area contributed by atoms with E-state index in [0.717, 1.165) is 65.5 Å². The van der Waals surface area contributed by atoms with Crippen LogP contribution in [-0.4, -0.2) is 43.3 Å². The largest absolute Gasteiger partial charge is 0.373 e. The minimum Gasteiger partial charge on any atom is -0.373 e. The predicted molar refractivity (Wildman–Crippen MR) is 136 cm³/mol. The molecular formula is C26H33N5O. The number of aromatic nitrogens is 2. The smallest absolute Gasteiger partial charge is 0.214 e. The molecule has 2 N–H and O–H groups in total. The molecule has 3 aromatic rings. The van der Waals surface area contributed by atoms with Crippen LogP contribution in [0.1, 0.15) is 25.8 Å². The standard InChI is InChI=1S/C26H33N5O/c1-6-9-15-27-26-24(25(28-29-26)21-12-10-11-19(4)16-21)20-13-14-22(30(5)7-2)23(17-20)31(8-3)18-32/h6,10-14,16-18H,1,7-9,15H2,2-5H3,(H2,27,28,29). The van der Waals surface area contributed by atoms with Gasteiger partial charge in [-0.05, 0) is 51.0 Å². The Bertz CT molecular complexity index is 1070. The van der Waals surface area contributed by atoms with Gasteiger partial charge in [-0.3, -0.25) is 9.89 Å². The van der Waals surface area contributed by atoms with E-state index in [2.05, 4.69) is 83.3 Å². The number of anilines is 3. The highest BCUT2D eigenvalue weighted by atomic mass is 16.1. The Hall–Kier alpha value is -3.54. The molecule has 0 saturated heterocycles. The molecule has 1 heterocycles. The van der Waals surface area contributed by atoms with Gasteiger partial charge in [-0.15, -0.1) is 6.58 Å². The maximum Gasteiger partial charge on any atom is 0.214 e. The maximum absolute atomic E-state index is 11.8. The summed E-state index contributed by atoms with van der Waals surface area (Å²) in [5.74, 6) is 0.792. The van der Waals surface area contributed by atoms with Crippen LogP contribution in [0.2, 0.25) is 0 Å². The van der Waals surface area contributed by atoms with Crippen molar-refractivity contribution >= 4 is 23.6 Å². The molecule has 0 unspecified atom stereocenters. The van der Waals surface area contributed by atoms with Crippen LogP contribution in [0.3, 0.4) is 0 Å². The molecule has 1 amide bonds.